The number of anilines is 1. The third-order valence-electron chi connectivity index (χ3n) is 5.37. The molecule has 0 aliphatic carbocycles. The van der Waals surface area contributed by atoms with E-state index < -0.39 is 0 Å². The van der Waals surface area contributed by atoms with Crippen molar-refractivity contribution in [3.05, 3.63) is 99.5 Å². The third-order valence-corrected chi connectivity index (χ3v) is 6.44. The van der Waals surface area contributed by atoms with Crippen LogP contribution in [0.3, 0.4) is 0 Å². The van der Waals surface area contributed by atoms with E-state index in [-0.39, 0.29) is 11.8 Å². The van der Waals surface area contributed by atoms with Gasteiger partial charge in [-0.3, -0.25) is 9.59 Å². The molecule has 0 radical (unpaired) electrons. The van der Waals surface area contributed by atoms with E-state index in [2.05, 4.69) is 5.32 Å². The molecule has 0 saturated heterocycles. The predicted octanol–water partition coefficient (Wildman–Crippen LogP) is 5.34. The van der Waals surface area contributed by atoms with E-state index in [9.17, 15) is 9.59 Å². The molecule has 4 rings (SSSR count). The summed E-state index contributed by atoms with van der Waals surface area (Å²) in [6, 6.07) is 21.6. The Labute approximate surface area is 187 Å². The topological polar surface area (TPSA) is 49.4 Å². The number of hydrogen-bond donors (Lipinski definition) is 1. The minimum absolute atomic E-state index is 0.0713. The predicted molar refractivity (Wildman–Crippen MR) is 127 cm³/mol. The number of rotatable bonds is 4. The van der Waals surface area contributed by atoms with Crippen LogP contribution in [0.2, 0.25) is 0 Å². The van der Waals surface area contributed by atoms with Crippen LogP contribution in [0.1, 0.15) is 32.6 Å². The molecule has 0 unspecified atom stereocenters. The summed E-state index contributed by atoms with van der Waals surface area (Å²) in [7, 11) is 1.75. The van der Waals surface area contributed by atoms with Gasteiger partial charge in [0.05, 0.1) is 10.6 Å². The molecule has 0 spiro atoms. The largest absolute Gasteiger partial charge is 0.348 e. The van der Waals surface area contributed by atoms with Gasteiger partial charge in [-0.1, -0.05) is 65.9 Å². The number of nitrogens with zero attached hydrogens (tertiary/aromatic N) is 1. The van der Waals surface area contributed by atoms with Gasteiger partial charge in [-0.15, -0.1) is 0 Å². The second kappa shape index (κ2) is 8.82. The third kappa shape index (κ3) is 4.57. The number of benzene rings is 3. The fourth-order valence-corrected chi connectivity index (χ4v) is 4.50. The summed E-state index contributed by atoms with van der Waals surface area (Å²) >= 11 is 1.44. The molecule has 1 aliphatic heterocycles. The summed E-state index contributed by atoms with van der Waals surface area (Å²) in [5.41, 5.74) is 5.67. The number of hydrogen-bond acceptors (Lipinski definition) is 3. The van der Waals surface area contributed by atoms with Crippen LogP contribution in [0.15, 0.2) is 76.5 Å². The molecule has 1 N–H and O–H groups in total. The zero-order valence-corrected chi connectivity index (χ0v) is 18.6. The number of carbonyl (C=O) groups excluding carboxylic acids is 2. The molecule has 1 aliphatic rings. The minimum atomic E-state index is -0.157. The first-order valence-corrected chi connectivity index (χ1v) is 10.9. The van der Waals surface area contributed by atoms with Crippen molar-refractivity contribution in [3.8, 4) is 0 Å². The minimum Gasteiger partial charge on any atom is -0.348 e. The quantitative estimate of drug-likeness (QED) is 0.571. The number of likely N-dealkylation sites (N-methyl/N-ethyl adjacent to an activating group) is 1. The van der Waals surface area contributed by atoms with Gasteiger partial charge in [-0.2, -0.15) is 0 Å². The average Bonchev–Trinajstić information content (AvgIpc) is 2.78. The zero-order chi connectivity index (χ0) is 22.0. The molecular formula is C26H24N2O2S. The number of amides is 2. The molecule has 156 valence electrons. The van der Waals surface area contributed by atoms with Gasteiger partial charge in [0.1, 0.15) is 0 Å². The molecule has 31 heavy (non-hydrogen) atoms. The molecular weight excluding hydrogens is 404 g/mol. The lowest BCUT2D eigenvalue weighted by Crippen LogP contribution is -2.31. The molecule has 4 nitrogen and oxygen atoms in total. The highest BCUT2D eigenvalue weighted by Crippen LogP contribution is 2.42. The molecule has 0 atom stereocenters. The van der Waals surface area contributed by atoms with E-state index in [1.807, 2.05) is 80.6 Å². The molecule has 0 fully saturated rings. The van der Waals surface area contributed by atoms with Crippen molar-refractivity contribution < 1.29 is 9.59 Å². The lowest BCUT2D eigenvalue weighted by atomic mass is 10.1. The SMILES string of the molecule is Cc1ccc(CNC(=O)c2ccc3c(c2)N(C)C(=O)/C(=C/c2ccccc2C)S3)cc1. The Morgan fingerprint density at radius 2 is 1.77 bits per heavy atom. The number of nitrogens with one attached hydrogen (secondary N) is 1. The second-order valence-corrected chi connectivity index (χ2v) is 8.77. The van der Waals surface area contributed by atoms with Crippen molar-refractivity contribution in [1.82, 2.24) is 5.32 Å². The summed E-state index contributed by atoms with van der Waals surface area (Å²) < 4.78 is 0. The standard InChI is InChI=1S/C26H24N2O2S/c1-17-8-10-19(11-9-17)16-27-25(29)21-12-13-23-22(14-21)28(3)26(30)24(31-23)15-20-7-5-4-6-18(20)2/h4-15H,16H2,1-3H3,(H,27,29)/b24-15-. The Hall–Kier alpha value is -3.31. The van der Waals surface area contributed by atoms with Gasteiger partial charge in [-0.05, 0) is 54.8 Å². The maximum absolute atomic E-state index is 13.0. The molecule has 1 heterocycles. The summed E-state index contributed by atoms with van der Waals surface area (Å²) in [5.74, 6) is -0.228. The van der Waals surface area contributed by atoms with Crippen LogP contribution in [0.5, 0.6) is 0 Å². The van der Waals surface area contributed by atoms with Gasteiger partial charge < -0.3 is 10.2 Å². The number of thioether (sulfide) groups is 1. The Morgan fingerprint density at radius 3 is 2.52 bits per heavy atom. The number of aryl methyl sites for hydroxylation is 2. The molecule has 0 bridgehead atoms. The lowest BCUT2D eigenvalue weighted by Gasteiger charge is -2.27. The van der Waals surface area contributed by atoms with E-state index >= 15 is 0 Å². The van der Waals surface area contributed by atoms with Crippen molar-refractivity contribution in [1.29, 1.82) is 0 Å². The monoisotopic (exact) mass is 428 g/mol. The van der Waals surface area contributed by atoms with Crippen LogP contribution < -0.4 is 10.2 Å². The smallest absolute Gasteiger partial charge is 0.264 e. The first-order valence-electron chi connectivity index (χ1n) is 10.1. The van der Waals surface area contributed by atoms with Crippen molar-refractivity contribution in [3.63, 3.8) is 0 Å². The summed E-state index contributed by atoms with van der Waals surface area (Å²) in [6.45, 7) is 4.53. The van der Waals surface area contributed by atoms with Crippen LogP contribution in [-0.4, -0.2) is 18.9 Å². The van der Waals surface area contributed by atoms with Gasteiger partial charge in [0.15, 0.2) is 0 Å². The van der Waals surface area contributed by atoms with Gasteiger partial charge in [0.25, 0.3) is 11.8 Å². The summed E-state index contributed by atoms with van der Waals surface area (Å²) in [5, 5.41) is 2.95. The van der Waals surface area contributed by atoms with Gasteiger partial charge in [0, 0.05) is 24.1 Å². The molecule has 0 saturated carbocycles. The maximum atomic E-state index is 13.0. The van der Waals surface area contributed by atoms with E-state index in [1.165, 1.54) is 17.3 Å². The van der Waals surface area contributed by atoms with Crippen molar-refractivity contribution in [2.75, 3.05) is 11.9 Å². The molecule has 2 amide bonds. The van der Waals surface area contributed by atoms with Gasteiger partial charge >= 0.3 is 0 Å². The first kappa shape index (κ1) is 20.9. The highest BCUT2D eigenvalue weighted by atomic mass is 32.2. The van der Waals surface area contributed by atoms with Crippen LogP contribution >= 0.6 is 11.8 Å². The van der Waals surface area contributed by atoms with Crippen LogP contribution in [0.25, 0.3) is 6.08 Å². The van der Waals surface area contributed by atoms with E-state index in [4.69, 9.17) is 0 Å². The van der Waals surface area contributed by atoms with Crippen molar-refractivity contribution in [2.45, 2.75) is 25.3 Å². The van der Waals surface area contributed by atoms with Gasteiger partial charge in [0.2, 0.25) is 0 Å². The molecule has 3 aromatic carbocycles. The second-order valence-electron chi connectivity index (χ2n) is 7.68. The summed E-state index contributed by atoms with van der Waals surface area (Å²) in [4.78, 5) is 28.9. The molecule has 5 heteroatoms. The summed E-state index contributed by atoms with van der Waals surface area (Å²) in [6.07, 6.45) is 1.93. The Morgan fingerprint density at radius 1 is 1.03 bits per heavy atom. The molecule has 0 aromatic heterocycles. The molecule has 3 aromatic rings. The maximum Gasteiger partial charge on any atom is 0.264 e. The van der Waals surface area contributed by atoms with E-state index in [1.54, 1.807) is 18.0 Å². The number of fused-ring (bicyclic) bond motifs is 1. The Kier molecular flexibility index (Phi) is 5.96. The zero-order valence-electron chi connectivity index (χ0n) is 17.8. The fourth-order valence-electron chi connectivity index (χ4n) is 3.42. The van der Waals surface area contributed by atoms with Crippen molar-refractivity contribution in [2.24, 2.45) is 0 Å². The fraction of sp³-hybridized carbons (Fsp3) is 0.154. The first-order chi connectivity index (χ1) is 14.9. The van der Waals surface area contributed by atoms with Crippen LogP contribution in [0, 0.1) is 13.8 Å². The number of carbonyl (C=O) groups is 2. The van der Waals surface area contributed by atoms with Gasteiger partial charge in [-0.25, -0.2) is 0 Å². The average molecular weight is 429 g/mol. The van der Waals surface area contributed by atoms with Crippen LogP contribution in [-0.2, 0) is 11.3 Å². The van der Waals surface area contributed by atoms with Crippen LogP contribution in [0.4, 0.5) is 5.69 Å². The highest BCUT2D eigenvalue weighted by Gasteiger charge is 2.27. The Bertz CT molecular complexity index is 1180. The normalized spacial score (nSPS) is 14.5. The van der Waals surface area contributed by atoms with E-state index in [0.717, 1.165) is 27.3 Å². The van der Waals surface area contributed by atoms with Crippen molar-refractivity contribution >= 4 is 35.3 Å². The highest BCUT2D eigenvalue weighted by molar-refractivity contribution is 8.04. The van der Waals surface area contributed by atoms with E-state index in [0.29, 0.717) is 17.0 Å². The Balaban J connectivity index is 1.54. The lowest BCUT2D eigenvalue weighted by molar-refractivity contribution is -0.114.